The lowest BCUT2D eigenvalue weighted by molar-refractivity contribution is -0.114. The van der Waals surface area contributed by atoms with Crippen LogP contribution in [0, 0.1) is 0 Å². The number of nitrogens with zero attached hydrogens (tertiary/aromatic N) is 1. The summed E-state index contributed by atoms with van der Waals surface area (Å²) < 4.78 is 0. The molecule has 0 atom stereocenters. The number of amides is 2. The zero-order valence-corrected chi connectivity index (χ0v) is 16.2. The molecule has 0 unspecified atom stereocenters. The molecule has 0 spiro atoms. The van der Waals surface area contributed by atoms with Crippen molar-refractivity contribution >= 4 is 40.4 Å². The second-order valence-electron chi connectivity index (χ2n) is 5.90. The molecule has 2 N–H and O–H groups in total. The van der Waals surface area contributed by atoms with E-state index in [-0.39, 0.29) is 11.8 Å². The first-order valence-corrected chi connectivity index (χ1v) is 9.63. The SMILES string of the molecule is CC(=O)Nc1ccc(-c2csc(CCNC(=O)c3ccc(Cl)cc3)n2)cc1. The monoisotopic (exact) mass is 399 g/mol. The van der Waals surface area contributed by atoms with Crippen LogP contribution in [-0.4, -0.2) is 23.3 Å². The molecule has 0 saturated carbocycles. The molecule has 0 aliphatic rings. The Balaban J connectivity index is 1.54. The van der Waals surface area contributed by atoms with Crippen molar-refractivity contribution in [3.05, 3.63) is 69.5 Å². The van der Waals surface area contributed by atoms with Crippen molar-refractivity contribution in [1.82, 2.24) is 10.3 Å². The molecule has 1 aromatic heterocycles. The summed E-state index contributed by atoms with van der Waals surface area (Å²) in [7, 11) is 0. The summed E-state index contributed by atoms with van der Waals surface area (Å²) in [6, 6.07) is 14.3. The predicted octanol–water partition coefficient (Wildman–Crippen LogP) is 4.39. The smallest absolute Gasteiger partial charge is 0.251 e. The lowest BCUT2D eigenvalue weighted by Crippen LogP contribution is -2.25. The highest BCUT2D eigenvalue weighted by molar-refractivity contribution is 7.09. The Morgan fingerprint density at radius 2 is 1.78 bits per heavy atom. The van der Waals surface area contributed by atoms with Gasteiger partial charge in [0.2, 0.25) is 5.91 Å². The Hall–Kier alpha value is -2.70. The summed E-state index contributed by atoms with van der Waals surface area (Å²) in [6.07, 6.45) is 0.661. The van der Waals surface area contributed by atoms with Crippen LogP contribution in [0.4, 0.5) is 5.69 Å². The molecule has 1 heterocycles. The lowest BCUT2D eigenvalue weighted by atomic mass is 10.1. The first-order chi connectivity index (χ1) is 13.0. The van der Waals surface area contributed by atoms with Crippen molar-refractivity contribution in [1.29, 1.82) is 0 Å². The third-order valence-corrected chi connectivity index (χ3v) is 4.94. The molecular formula is C20H18ClN3O2S. The van der Waals surface area contributed by atoms with Gasteiger partial charge in [0, 0.05) is 47.1 Å². The Morgan fingerprint density at radius 1 is 1.07 bits per heavy atom. The number of nitrogens with one attached hydrogen (secondary N) is 2. The van der Waals surface area contributed by atoms with Gasteiger partial charge in [0.1, 0.15) is 0 Å². The number of thiazole rings is 1. The van der Waals surface area contributed by atoms with Crippen LogP contribution in [0.5, 0.6) is 0 Å². The first-order valence-electron chi connectivity index (χ1n) is 8.37. The summed E-state index contributed by atoms with van der Waals surface area (Å²) in [4.78, 5) is 27.8. The second-order valence-corrected chi connectivity index (χ2v) is 7.28. The molecule has 27 heavy (non-hydrogen) atoms. The number of halogens is 1. The molecule has 7 heteroatoms. The molecule has 0 aliphatic carbocycles. The molecule has 5 nitrogen and oxygen atoms in total. The fourth-order valence-corrected chi connectivity index (χ4v) is 3.41. The van der Waals surface area contributed by atoms with E-state index in [9.17, 15) is 9.59 Å². The van der Waals surface area contributed by atoms with Gasteiger partial charge < -0.3 is 10.6 Å². The van der Waals surface area contributed by atoms with Crippen molar-refractivity contribution in [2.75, 3.05) is 11.9 Å². The van der Waals surface area contributed by atoms with E-state index >= 15 is 0 Å². The Labute approximate surface area is 166 Å². The highest BCUT2D eigenvalue weighted by atomic mass is 35.5. The number of rotatable bonds is 6. The normalized spacial score (nSPS) is 10.4. The van der Waals surface area contributed by atoms with Gasteiger partial charge in [-0.2, -0.15) is 0 Å². The molecule has 2 aromatic carbocycles. The van der Waals surface area contributed by atoms with E-state index in [1.54, 1.807) is 35.6 Å². The minimum atomic E-state index is -0.128. The van der Waals surface area contributed by atoms with Crippen LogP contribution in [0.1, 0.15) is 22.3 Å². The number of carbonyl (C=O) groups is 2. The van der Waals surface area contributed by atoms with Crippen LogP contribution < -0.4 is 10.6 Å². The number of hydrogen-bond acceptors (Lipinski definition) is 4. The minimum absolute atomic E-state index is 0.0978. The maximum Gasteiger partial charge on any atom is 0.251 e. The number of aromatic nitrogens is 1. The van der Waals surface area contributed by atoms with Gasteiger partial charge in [0.25, 0.3) is 5.91 Å². The van der Waals surface area contributed by atoms with E-state index < -0.39 is 0 Å². The Morgan fingerprint density at radius 3 is 2.44 bits per heavy atom. The first kappa shape index (κ1) is 19.1. The van der Waals surface area contributed by atoms with Gasteiger partial charge in [-0.25, -0.2) is 4.98 Å². The van der Waals surface area contributed by atoms with Crippen molar-refractivity contribution < 1.29 is 9.59 Å². The van der Waals surface area contributed by atoms with E-state index in [0.717, 1.165) is 22.0 Å². The molecule has 0 bridgehead atoms. The van der Waals surface area contributed by atoms with E-state index in [2.05, 4.69) is 15.6 Å². The maximum absolute atomic E-state index is 12.1. The molecule has 0 fully saturated rings. The van der Waals surface area contributed by atoms with Crippen molar-refractivity contribution in [3.63, 3.8) is 0 Å². The van der Waals surface area contributed by atoms with Gasteiger partial charge in [-0.1, -0.05) is 23.7 Å². The van der Waals surface area contributed by atoms with Gasteiger partial charge in [-0.3, -0.25) is 9.59 Å². The zero-order chi connectivity index (χ0) is 19.2. The van der Waals surface area contributed by atoms with Crippen molar-refractivity contribution in [2.24, 2.45) is 0 Å². The Bertz CT molecular complexity index is 937. The lowest BCUT2D eigenvalue weighted by Gasteiger charge is -2.04. The van der Waals surface area contributed by atoms with Gasteiger partial charge >= 0.3 is 0 Å². The number of hydrogen-bond donors (Lipinski definition) is 2. The third kappa shape index (κ3) is 5.39. The molecule has 0 radical (unpaired) electrons. The van der Waals surface area contributed by atoms with Crippen LogP contribution in [-0.2, 0) is 11.2 Å². The largest absolute Gasteiger partial charge is 0.352 e. The van der Waals surface area contributed by atoms with Gasteiger partial charge in [0.05, 0.1) is 10.7 Å². The highest BCUT2D eigenvalue weighted by Crippen LogP contribution is 2.23. The molecule has 3 aromatic rings. The Kier molecular flexibility index (Phi) is 6.21. The molecule has 0 saturated heterocycles. The van der Waals surface area contributed by atoms with Crippen LogP contribution in [0.15, 0.2) is 53.9 Å². The average Bonchev–Trinajstić information content (AvgIpc) is 3.11. The topological polar surface area (TPSA) is 71.1 Å². The van der Waals surface area contributed by atoms with Gasteiger partial charge in [-0.15, -0.1) is 11.3 Å². The molecule has 2 amide bonds. The summed E-state index contributed by atoms with van der Waals surface area (Å²) in [5.74, 6) is -0.226. The van der Waals surface area contributed by atoms with E-state index in [0.29, 0.717) is 23.6 Å². The number of anilines is 1. The average molecular weight is 400 g/mol. The maximum atomic E-state index is 12.1. The van der Waals surface area contributed by atoms with E-state index in [1.165, 1.54) is 6.92 Å². The quantitative estimate of drug-likeness (QED) is 0.645. The third-order valence-electron chi connectivity index (χ3n) is 3.78. The summed E-state index contributed by atoms with van der Waals surface area (Å²) in [5.41, 5.74) is 3.20. The summed E-state index contributed by atoms with van der Waals surface area (Å²) >= 11 is 7.39. The summed E-state index contributed by atoms with van der Waals surface area (Å²) in [6.45, 7) is 1.99. The molecule has 0 aliphatic heterocycles. The molecule has 138 valence electrons. The van der Waals surface area contributed by atoms with Gasteiger partial charge in [-0.05, 0) is 36.4 Å². The highest BCUT2D eigenvalue weighted by Gasteiger charge is 2.08. The van der Waals surface area contributed by atoms with E-state index in [1.807, 2.05) is 29.6 Å². The number of carbonyl (C=O) groups excluding carboxylic acids is 2. The van der Waals surface area contributed by atoms with Crippen molar-refractivity contribution in [2.45, 2.75) is 13.3 Å². The van der Waals surface area contributed by atoms with Crippen LogP contribution >= 0.6 is 22.9 Å². The molecular weight excluding hydrogens is 382 g/mol. The fraction of sp³-hybridized carbons (Fsp3) is 0.150. The zero-order valence-electron chi connectivity index (χ0n) is 14.7. The standard InChI is InChI=1S/C20H18ClN3O2S/c1-13(25)23-17-8-4-14(5-9-17)18-12-27-19(24-18)10-11-22-20(26)15-2-6-16(21)7-3-15/h2-9,12H,10-11H2,1H3,(H,22,26)(H,23,25). The van der Waals surface area contributed by atoms with Crippen LogP contribution in [0.3, 0.4) is 0 Å². The van der Waals surface area contributed by atoms with E-state index in [4.69, 9.17) is 11.6 Å². The minimum Gasteiger partial charge on any atom is -0.352 e. The van der Waals surface area contributed by atoms with Gasteiger partial charge in [0.15, 0.2) is 0 Å². The molecule has 3 rings (SSSR count). The number of benzene rings is 2. The summed E-state index contributed by atoms with van der Waals surface area (Å²) in [5, 5.41) is 9.17. The predicted molar refractivity (Wildman–Crippen MR) is 109 cm³/mol. The second kappa shape index (κ2) is 8.79. The fourth-order valence-electron chi connectivity index (χ4n) is 2.47. The van der Waals surface area contributed by atoms with Crippen molar-refractivity contribution in [3.8, 4) is 11.3 Å². The van der Waals surface area contributed by atoms with Crippen LogP contribution in [0.25, 0.3) is 11.3 Å². The van der Waals surface area contributed by atoms with Crippen LogP contribution in [0.2, 0.25) is 5.02 Å².